The Hall–Kier alpha value is -0.970. The molecule has 0 amide bonds. The van der Waals surface area contributed by atoms with Gasteiger partial charge in [-0.1, -0.05) is 25.1 Å². The molecule has 2 rings (SSSR count). The average molecular weight is 293 g/mol. The van der Waals surface area contributed by atoms with E-state index in [1.807, 2.05) is 31.4 Å². The van der Waals surface area contributed by atoms with E-state index in [-0.39, 0.29) is 0 Å². The number of aliphatic hydroxyl groups is 1. The number of aryl methyl sites for hydroxylation is 1. The van der Waals surface area contributed by atoms with Crippen LogP contribution in [0.25, 0.3) is 11.0 Å². The van der Waals surface area contributed by atoms with E-state index >= 15 is 0 Å². The molecular formula is C16H23NO2S. The fourth-order valence-electron chi connectivity index (χ4n) is 2.45. The average Bonchev–Trinajstić information content (AvgIpc) is 2.77. The molecule has 1 aromatic carbocycles. The first kappa shape index (κ1) is 15.4. The largest absolute Gasteiger partial charge is 0.461 e. The lowest BCUT2D eigenvalue weighted by Crippen LogP contribution is -2.39. The zero-order valence-electron chi connectivity index (χ0n) is 12.4. The maximum absolute atomic E-state index is 10.2. The molecule has 1 unspecified atom stereocenters. The number of hydrogen-bond acceptors (Lipinski definition) is 4. The predicted molar refractivity (Wildman–Crippen MR) is 86.3 cm³/mol. The second-order valence-corrected chi connectivity index (χ2v) is 6.25. The Morgan fingerprint density at radius 1 is 1.35 bits per heavy atom. The third kappa shape index (κ3) is 3.57. The highest BCUT2D eigenvalue weighted by Crippen LogP contribution is 2.26. The maximum Gasteiger partial charge on any atom is 0.134 e. The molecule has 0 aliphatic carbocycles. The van der Waals surface area contributed by atoms with Crippen LogP contribution in [0, 0.1) is 0 Å². The molecule has 0 fully saturated rings. The topological polar surface area (TPSA) is 45.4 Å². The minimum absolute atomic E-state index is 0.580. The molecule has 2 aromatic rings. The van der Waals surface area contributed by atoms with Crippen LogP contribution in [0.3, 0.4) is 0 Å². The van der Waals surface area contributed by atoms with E-state index in [4.69, 9.17) is 4.42 Å². The van der Waals surface area contributed by atoms with E-state index in [1.165, 1.54) is 10.9 Å². The first-order chi connectivity index (χ1) is 9.57. The van der Waals surface area contributed by atoms with Crippen LogP contribution in [0.5, 0.6) is 0 Å². The number of para-hydroxylation sites is 1. The molecule has 1 aromatic heterocycles. The number of furan rings is 1. The van der Waals surface area contributed by atoms with E-state index in [0.717, 1.165) is 30.1 Å². The van der Waals surface area contributed by atoms with E-state index in [0.29, 0.717) is 6.54 Å². The molecule has 0 bridgehead atoms. The van der Waals surface area contributed by atoms with E-state index in [9.17, 15) is 5.11 Å². The van der Waals surface area contributed by atoms with Crippen molar-refractivity contribution in [1.82, 2.24) is 5.32 Å². The summed E-state index contributed by atoms with van der Waals surface area (Å²) in [5.41, 5.74) is 1.48. The Morgan fingerprint density at radius 2 is 2.10 bits per heavy atom. The van der Waals surface area contributed by atoms with Crippen molar-refractivity contribution in [3.63, 3.8) is 0 Å². The molecule has 3 nitrogen and oxygen atoms in total. The highest BCUT2D eigenvalue weighted by molar-refractivity contribution is 7.98. The Labute approximate surface area is 124 Å². The van der Waals surface area contributed by atoms with Gasteiger partial charge in [-0.2, -0.15) is 11.8 Å². The Morgan fingerprint density at radius 3 is 2.80 bits per heavy atom. The third-order valence-corrected chi connectivity index (χ3v) is 4.28. The van der Waals surface area contributed by atoms with Crippen molar-refractivity contribution in [3.05, 3.63) is 35.6 Å². The number of fused-ring (bicyclic) bond motifs is 1. The fraction of sp³-hybridized carbons (Fsp3) is 0.500. The zero-order chi connectivity index (χ0) is 14.6. The van der Waals surface area contributed by atoms with Gasteiger partial charge < -0.3 is 14.8 Å². The predicted octanol–water partition coefficient (Wildman–Crippen LogP) is 3.20. The molecule has 0 saturated carbocycles. The molecule has 4 heteroatoms. The molecule has 2 N–H and O–H groups in total. The lowest BCUT2D eigenvalue weighted by Gasteiger charge is -2.22. The zero-order valence-corrected chi connectivity index (χ0v) is 13.2. The van der Waals surface area contributed by atoms with Crippen molar-refractivity contribution >= 4 is 22.7 Å². The molecule has 0 aliphatic rings. The fourth-order valence-corrected chi connectivity index (χ4v) is 3.17. The van der Waals surface area contributed by atoms with Crippen LogP contribution >= 0.6 is 11.8 Å². The van der Waals surface area contributed by atoms with Crippen molar-refractivity contribution in [1.29, 1.82) is 0 Å². The van der Waals surface area contributed by atoms with Gasteiger partial charge in [-0.05, 0) is 19.2 Å². The van der Waals surface area contributed by atoms with Crippen molar-refractivity contribution < 1.29 is 9.52 Å². The van der Waals surface area contributed by atoms with Gasteiger partial charge in [0.05, 0.1) is 5.60 Å². The molecule has 0 radical (unpaired) electrons. The minimum Gasteiger partial charge on any atom is -0.461 e. The van der Waals surface area contributed by atoms with Crippen molar-refractivity contribution in [3.8, 4) is 0 Å². The van der Waals surface area contributed by atoms with Gasteiger partial charge in [0.1, 0.15) is 11.3 Å². The number of benzene rings is 1. The number of nitrogens with one attached hydrogen (secondary N) is 1. The van der Waals surface area contributed by atoms with Gasteiger partial charge in [-0.3, -0.25) is 0 Å². The SMILES string of the molecule is CCc1oc2ccccc2c1CNCC(C)(O)CSC. The maximum atomic E-state index is 10.2. The summed E-state index contributed by atoms with van der Waals surface area (Å²) in [7, 11) is 0. The highest BCUT2D eigenvalue weighted by atomic mass is 32.2. The van der Waals surface area contributed by atoms with Gasteiger partial charge in [0.25, 0.3) is 0 Å². The second kappa shape index (κ2) is 6.66. The Bertz CT molecular complexity index is 563. The Balaban J connectivity index is 2.09. The van der Waals surface area contributed by atoms with Crippen molar-refractivity contribution in [2.45, 2.75) is 32.4 Å². The van der Waals surface area contributed by atoms with Crippen LogP contribution in [0.4, 0.5) is 0 Å². The normalized spacial score (nSPS) is 14.6. The first-order valence-electron chi connectivity index (χ1n) is 6.98. The van der Waals surface area contributed by atoms with Crippen LogP contribution in [0.1, 0.15) is 25.2 Å². The summed E-state index contributed by atoms with van der Waals surface area (Å²) in [4.78, 5) is 0. The molecular weight excluding hydrogens is 270 g/mol. The Kier molecular flexibility index (Phi) is 5.13. The van der Waals surface area contributed by atoms with Crippen LogP contribution in [0.2, 0.25) is 0 Å². The van der Waals surface area contributed by atoms with Gasteiger partial charge in [0.2, 0.25) is 0 Å². The summed E-state index contributed by atoms with van der Waals surface area (Å²) in [6, 6.07) is 8.12. The third-order valence-electron chi connectivity index (χ3n) is 3.37. The number of thioether (sulfide) groups is 1. The molecule has 1 atom stereocenters. The molecule has 1 heterocycles. The molecule has 20 heavy (non-hydrogen) atoms. The quantitative estimate of drug-likeness (QED) is 0.823. The first-order valence-corrected chi connectivity index (χ1v) is 8.38. The van der Waals surface area contributed by atoms with Gasteiger partial charge in [0, 0.05) is 36.2 Å². The highest BCUT2D eigenvalue weighted by Gasteiger charge is 2.19. The molecule has 110 valence electrons. The van der Waals surface area contributed by atoms with E-state index in [2.05, 4.69) is 18.3 Å². The van der Waals surface area contributed by atoms with Crippen LogP contribution in [-0.2, 0) is 13.0 Å². The summed E-state index contributed by atoms with van der Waals surface area (Å²) in [5.74, 6) is 1.76. The van der Waals surface area contributed by atoms with E-state index < -0.39 is 5.60 Å². The van der Waals surface area contributed by atoms with Crippen molar-refractivity contribution in [2.75, 3.05) is 18.6 Å². The molecule has 0 saturated heterocycles. The minimum atomic E-state index is -0.675. The summed E-state index contributed by atoms with van der Waals surface area (Å²) in [5, 5.41) is 14.7. The van der Waals surface area contributed by atoms with E-state index in [1.54, 1.807) is 11.8 Å². The summed E-state index contributed by atoms with van der Waals surface area (Å²) in [6.07, 6.45) is 2.89. The van der Waals surface area contributed by atoms with Gasteiger partial charge in [-0.15, -0.1) is 0 Å². The number of rotatable bonds is 7. The monoisotopic (exact) mass is 293 g/mol. The van der Waals surface area contributed by atoms with Crippen LogP contribution in [-0.4, -0.2) is 29.3 Å². The van der Waals surface area contributed by atoms with Gasteiger partial charge in [-0.25, -0.2) is 0 Å². The second-order valence-electron chi connectivity index (χ2n) is 5.39. The van der Waals surface area contributed by atoms with Gasteiger partial charge >= 0.3 is 0 Å². The summed E-state index contributed by atoms with van der Waals surface area (Å²) >= 11 is 1.66. The molecule has 0 aliphatic heterocycles. The smallest absolute Gasteiger partial charge is 0.134 e. The standard InChI is InChI=1S/C16H23NO2S/c1-4-14-13(9-17-10-16(2,18)11-20-3)12-7-5-6-8-15(12)19-14/h5-8,17-18H,4,9-11H2,1-3H3. The van der Waals surface area contributed by atoms with Crippen molar-refractivity contribution in [2.24, 2.45) is 0 Å². The van der Waals surface area contributed by atoms with Crippen LogP contribution in [0.15, 0.2) is 28.7 Å². The lowest BCUT2D eigenvalue weighted by molar-refractivity contribution is 0.0845. The molecule has 0 spiro atoms. The number of hydrogen-bond donors (Lipinski definition) is 2. The summed E-state index contributed by atoms with van der Waals surface area (Å²) in [6.45, 7) is 5.27. The summed E-state index contributed by atoms with van der Waals surface area (Å²) < 4.78 is 5.87. The van der Waals surface area contributed by atoms with Crippen LogP contribution < -0.4 is 5.32 Å². The lowest BCUT2D eigenvalue weighted by atomic mass is 10.1. The van der Waals surface area contributed by atoms with Gasteiger partial charge in [0.15, 0.2) is 0 Å².